The van der Waals surface area contributed by atoms with Crippen LogP contribution in [0.5, 0.6) is 0 Å². The topological polar surface area (TPSA) is 56.7 Å². The zero-order valence-electron chi connectivity index (χ0n) is 31.2. The van der Waals surface area contributed by atoms with Crippen molar-refractivity contribution in [2.45, 2.75) is 0 Å². The van der Waals surface area contributed by atoms with Gasteiger partial charge in [0.2, 0.25) is 0 Å². The normalized spacial score (nSPS) is 11.8. The molecule has 0 aliphatic rings. The summed E-state index contributed by atoms with van der Waals surface area (Å²) in [5.41, 5.74) is 9.77. The van der Waals surface area contributed by atoms with E-state index in [0.717, 1.165) is 66.1 Å². The quantitative estimate of drug-likeness (QED) is 0.176. The van der Waals surface area contributed by atoms with E-state index in [1.54, 1.807) is 0 Å². The van der Waals surface area contributed by atoms with Gasteiger partial charge in [0.15, 0.2) is 17.5 Å². The molecule has 0 aliphatic heterocycles. The minimum atomic E-state index is 0.569. The summed E-state index contributed by atoms with van der Waals surface area (Å²) in [5, 5.41) is 8.97. The average molecular weight is 741 g/mol. The summed E-state index contributed by atoms with van der Waals surface area (Å²) in [6, 6.07) is 68.1. The Morgan fingerprint density at radius 2 is 1.00 bits per heavy atom. The first-order valence-electron chi connectivity index (χ1n) is 19.5. The second kappa shape index (κ2) is 12.8. The molecule has 0 saturated heterocycles. The Morgan fingerprint density at radius 1 is 0.362 bits per heavy atom. The Bertz CT molecular complexity index is 3570. The SMILES string of the molecule is c1ccc(-c2nc(-c3ccc4ccccc4c3)nc(-c3c(-n4c5cc6ccccc6cc5c5c(-c6ccccc6)cccc54)ccc4oc5ccccc5c34)n2)cc1. The van der Waals surface area contributed by atoms with E-state index in [0.29, 0.717) is 17.5 Å². The molecule has 12 aromatic rings. The lowest BCUT2D eigenvalue weighted by Crippen LogP contribution is -2.04. The number of benzene rings is 9. The van der Waals surface area contributed by atoms with Crippen molar-refractivity contribution in [3.05, 3.63) is 194 Å². The molecule has 5 heteroatoms. The highest BCUT2D eigenvalue weighted by Crippen LogP contribution is 2.45. The molecule has 0 radical (unpaired) electrons. The maximum Gasteiger partial charge on any atom is 0.166 e. The van der Waals surface area contributed by atoms with Gasteiger partial charge in [-0.1, -0.05) is 152 Å². The Hall–Kier alpha value is -7.89. The number of nitrogens with zero attached hydrogens (tertiary/aromatic N) is 4. The van der Waals surface area contributed by atoms with E-state index in [4.69, 9.17) is 19.4 Å². The molecule has 58 heavy (non-hydrogen) atoms. The summed E-state index contributed by atoms with van der Waals surface area (Å²) in [4.78, 5) is 15.9. The maximum absolute atomic E-state index is 6.59. The van der Waals surface area contributed by atoms with Crippen LogP contribution in [0.2, 0.25) is 0 Å². The third-order valence-electron chi connectivity index (χ3n) is 11.4. The van der Waals surface area contributed by atoms with Gasteiger partial charge in [-0.25, -0.2) is 15.0 Å². The van der Waals surface area contributed by atoms with E-state index in [1.807, 2.05) is 30.3 Å². The third-order valence-corrected chi connectivity index (χ3v) is 11.4. The van der Waals surface area contributed by atoms with Crippen LogP contribution in [0, 0.1) is 0 Å². The second-order valence-electron chi connectivity index (χ2n) is 14.8. The molecular formula is C53H32N4O. The standard InChI is InChI=1S/C53H32N4O/c1-3-15-34(16-4-1)40-23-13-24-43-48(40)42-31-37-20-9-10-21-38(37)32-45(42)57(43)44-28-29-47-49(41-22-11-12-25-46(41)58-47)50(44)53-55-51(35-17-5-2-6-18-35)54-52(56-53)39-27-26-33-14-7-8-19-36(33)30-39/h1-32H. The van der Waals surface area contributed by atoms with Crippen molar-refractivity contribution in [3.63, 3.8) is 0 Å². The maximum atomic E-state index is 6.59. The molecule has 0 bridgehead atoms. The molecule has 270 valence electrons. The lowest BCUT2D eigenvalue weighted by atomic mass is 9.98. The molecule has 3 heterocycles. The summed E-state index contributed by atoms with van der Waals surface area (Å²) in [6.07, 6.45) is 0. The third kappa shape index (κ3) is 5.07. The van der Waals surface area contributed by atoms with Gasteiger partial charge in [-0.3, -0.25) is 0 Å². The molecule has 0 N–H and O–H groups in total. The average Bonchev–Trinajstić information content (AvgIpc) is 3.83. The highest BCUT2D eigenvalue weighted by Gasteiger charge is 2.25. The Balaban J connectivity index is 1.24. The highest BCUT2D eigenvalue weighted by atomic mass is 16.3. The summed E-state index contributed by atoms with van der Waals surface area (Å²) in [7, 11) is 0. The second-order valence-corrected chi connectivity index (χ2v) is 14.8. The molecule has 0 saturated carbocycles. The monoisotopic (exact) mass is 740 g/mol. The van der Waals surface area contributed by atoms with E-state index < -0.39 is 0 Å². The molecule has 0 atom stereocenters. The van der Waals surface area contributed by atoms with E-state index in [2.05, 4.69) is 168 Å². The Kier molecular flexibility index (Phi) is 7.16. The first-order valence-corrected chi connectivity index (χ1v) is 19.5. The van der Waals surface area contributed by atoms with Crippen LogP contribution in [0.3, 0.4) is 0 Å². The van der Waals surface area contributed by atoms with Gasteiger partial charge in [0, 0.05) is 32.7 Å². The fourth-order valence-electron chi connectivity index (χ4n) is 8.75. The zero-order chi connectivity index (χ0) is 38.2. The van der Waals surface area contributed by atoms with Crippen LogP contribution in [-0.4, -0.2) is 19.5 Å². The van der Waals surface area contributed by atoms with Crippen LogP contribution in [0.15, 0.2) is 199 Å². The largest absolute Gasteiger partial charge is 0.456 e. The fourth-order valence-corrected chi connectivity index (χ4v) is 8.75. The summed E-state index contributed by atoms with van der Waals surface area (Å²) in [6.45, 7) is 0. The molecule has 5 nitrogen and oxygen atoms in total. The fraction of sp³-hybridized carbons (Fsp3) is 0. The minimum absolute atomic E-state index is 0.569. The van der Waals surface area contributed by atoms with Crippen molar-refractivity contribution in [3.8, 4) is 51.0 Å². The Labute approximate surface area is 333 Å². The van der Waals surface area contributed by atoms with Gasteiger partial charge in [0.05, 0.1) is 22.3 Å². The van der Waals surface area contributed by atoms with E-state index in [9.17, 15) is 0 Å². The lowest BCUT2D eigenvalue weighted by Gasteiger charge is -2.16. The molecule has 0 amide bonds. The minimum Gasteiger partial charge on any atom is -0.456 e. The van der Waals surface area contributed by atoms with Crippen LogP contribution >= 0.6 is 0 Å². The molecule has 3 aromatic heterocycles. The number of furan rings is 1. The molecular weight excluding hydrogens is 709 g/mol. The van der Waals surface area contributed by atoms with E-state index in [-0.39, 0.29) is 0 Å². The smallest absolute Gasteiger partial charge is 0.166 e. The molecule has 0 aliphatic carbocycles. The molecule has 12 rings (SSSR count). The van der Waals surface area contributed by atoms with Crippen LogP contribution in [0.25, 0.3) is 116 Å². The van der Waals surface area contributed by atoms with Crippen LogP contribution in [0.1, 0.15) is 0 Å². The van der Waals surface area contributed by atoms with Crippen molar-refractivity contribution in [2.75, 3.05) is 0 Å². The zero-order valence-corrected chi connectivity index (χ0v) is 31.2. The van der Waals surface area contributed by atoms with Gasteiger partial charge in [0.1, 0.15) is 11.2 Å². The van der Waals surface area contributed by atoms with Crippen molar-refractivity contribution < 1.29 is 4.42 Å². The van der Waals surface area contributed by atoms with Crippen LogP contribution in [-0.2, 0) is 0 Å². The van der Waals surface area contributed by atoms with E-state index >= 15 is 0 Å². The van der Waals surface area contributed by atoms with Crippen molar-refractivity contribution in [1.29, 1.82) is 0 Å². The first kappa shape index (κ1) is 32.4. The number of aromatic nitrogens is 4. The molecule has 9 aromatic carbocycles. The Morgan fingerprint density at radius 3 is 1.79 bits per heavy atom. The number of hydrogen-bond donors (Lipinski definition) is 0. The van der Waals surface area contributed by atoms with Crippen LogP contribution < -0.4 is 0 Å². The first-order chi connectivity index (χ1) is 28.7. The molecule has 0 fully saturated rings. The predicted octanol–water partition coefficient (Wildman–Crippen LogP) is 13.8. The summed E-state index contributed by atoms with van der Waals surface area (Å²) < 4.78 is 9.00. The van der Waals surface area contributed by atoms with Gasteiger partial charge in [0.25, 0.3) is 0 Å². The number of para-hydroxylation sites is 1. The van der Waals surface area contributed by atoms with E-state index in [1.165, 1.54) is 32.7 Å². The van der Waals surface area contributed by atoms with Crippen molar-refractivity contribution >= 4 is 65.3 Å². The highest BCUT2D eigenvalue weighted by molar-refractivity contribution is 6.20. The van der Waals surface area contributed by atoms with Crippen molar-refractivity contribution in [2.24, 2.45) is 0 Å². The number of fused-ring (bicyclic) bond motifs is 8. The summed E-state index contributed by atoms with van der Waals surface area (Å²) >= 11 is 0. The van der Waals surface area contributed by atoms with Crippen molar-refractivity contribution in [1.82, 2.24) is 19.5 Å². The van der Waals surface area contributed by atoms with Gasteiger partial charge >= 0.3 is 0 Å². The van der Waals surface area contributed by atoms with Gasteiger partial charge < -0.3 is 8.98 Å². The number of hydrogen-bond acceptors (Lipinski definition) is 4. The molecule has 0 unspecified atom stereocenters. The lowest BCUT2D eigenvalue weighted by molar-refractivity contribution is 0.669. The van der Waals surface area contributed by atoms with Gasteiger partial charge in [-0.2, -0.15) is 0 Å². The number of rotatable bonds is 5. The van der Waals surface area contributed by atoms with Crippen LogP contribution in [0.4, 0.5) is 0 Å². The van der Waals surface area contributed by atoms with Gasteiger partial charge in [-0.05, 0) is 75.1 Å². The summed E-state index contributed by atoms with van der Waals surface area (Å²) in [5.74, 6) is 1.77. The molecule has 0 spiro atoms. The predicted molar refractivity (Wildman–Crippen MR) is 238 cm³/mol. The van der Waals surface area contributed by atoms with Gasteiger partial charge in [-0.15, -0.1) is 0 Å².